The van der Waals surface area contributed by atoms with E-state index in [1.165, 1.54) is 31.2 Å². The second-order valence-electron chi connectivity index (χ2n) is 5.29. The summed E-state index contributed by atoms with van der Waals surface area (Å²) in [6.45, 7) is 2.12. The van der Waals surface area contributed by atoms with Crippen LogP contribution in [0.1, 0.15) is 57.1 Å². The van der Waals surface area contributed by atoms with Gasteiger partial charge in [-0.15, -0.1) is 0 Å². The molecular weight excluding hydrogens is 222 g/mol. The average molecular weight is 245 g/mol. The summed E-state index contributed by atoms with van der Waals surface area (Å²) in [5, 5.41) is 3.17. The summed E-state index contributed by atoms with van der Waals surface area (Å²) >= 11 is 0. The van der Waals surface area contributed by atoms with Crippen molar-refractivity contribution >= 4 is 5.91 Å². The summed E-state index contributed by atoms with van der Waals surface area (Å²) in [7, 11) is 0. The predicted molar refractivity (Wildman–Crippen MR) is 74.2 cm³/mol. The molecule has 2 nitrogen and oxygen atoms in total. The molecule has 98 valence electrons. The highest BCUT2D eigenvalue weighted by Crippen LogP contribution is 2.27. The highest BCUT2D eigenvalue weighted by Gasteiger charge is 2.20. The van der Waals surface area contributed by atoms with Gasteiger partial charge in [-0.1, -0.05) is 50.1 Å². The van der Waals surface area contributed by atoms with Crippen LogP contribution in [0, 0.1) is 5.92 Å². The van der Waals surface area contributed by atoms with Crippen LogP contribution < -0.4 is 5.32 Å². The summed E-state index contributed by atoms with van der Waals surface area (Å²) in [6, 6.07) is 10.4. The smallest absolute Gasteiger partial charge is 0.220 e. The highest BCUT2D eigenvalue weighted by atomic mass is 16.1. The normalized spacial score (nSPS) is 17.6. The minimum atomic E-state index is 0.167. The first kappa shape index (κ1) is 13.1. The van der Waals surface area contributed by atoms with Crippen LogP contribution in [-0.4, -0.2) is 5.91 Å². The van der Waals surface area contributed by atoms with Crippen LogP contribution in [0.2, 0.25) is 0 Å². The van der Waals surface area contributed by atoms with E-state index < -0.39 is 0 Å². The molecule has 1 aromatic carbocycles. The Morgan fingerprint density at radius 2 is 1.94 bits per heavy atom. The number of hydrogen-bond donors (Lipinski definition) is 1. The van der Waals surface area contributed by atoms with Gasteiger partial charge in [-0.05, 0) is 30.7 Å². The van der Waals surface area contributed by atoms with Crippen molar-refractivity contribution in [2.45, 2.75) is 51.5 Å². The monoisotopic (exact) mass is 245 g/mol. The van der Waals surface area contributed by atoms with Gasteiger partial charge in [0.05, 0.1) is 6.04 Å². The van der Waals surface area contributed by atoms with Gasteiger partial charge in [-0.25, -0.2) is 0 Å². The van der Waals surface area contributed by atoms with Gasteiger partial charge in [-0.3, -0.25) is 4.79 Å². The van der Waals surface area contributed by atoms with Gasteiger partial charge in [0.15, 0.2) is 0 Å². The number of carbonyl (C=O) groups excluding carboxylic acids is 1. The lowest BCUT2D eigenvalue weighted by Gasteiger charge is -2.18. The topological polar surface area (TPSA) is 29.1 Å². The second kappa shape index (κ2) is 6.58. The summed E-state index contributed by atoms with van der Waals surface area (Å²) in [5.41, 5.74) is 1.21. The molecule has 0 radical (unpaired) electrons. The Kier molecular flexibility index (Phi) is 4.80. The first-order valence-electron chi connectivity index (χ1n) is 7.14. The van der Waals surface area contributed by atoms with Crippen molar-refractivity contribution in [2.24, 2.45) is 5.92 Å². The molecule has 1 amide bonds. The van der Waals surface area contributed by atoms with E-state index in [0.717, 1.165) is 6.42 Å². The van der Waals surface area contributed by atoms with Gasteiger partial charge in [0.25, 0.3) is 0 Å². The first-order valence-corrected chi connectivity index (χ1v) is 7.14. The van der Waals surface area contributed by atoms with Crippen molar-refractivity contribution in [1.29, 1.82) is 0 Å². The quantitative estimate of drug-likeness (QED) is 0.839. The highest BCUT2D eigenvalue weighted by molar-refractivity contribution is 5.76. The van der Waals surface area contributed by atoms with Crippen LogP contribution in [-0.2, 0) is 4.79 Å². The van der Waals surface area contributed by atoms with Crippen LogP contribution in [0.4, 0.5) is 0 Å². The number of hydrogen-bond acceptors (Lipinski definition) is 1. The molecule has 1 aliphatic rings. The molecule has 1 unspecified atom stereocenters. The molecule has 2 heteroatoms. The number of benzene rings is 1. The Hall–Kier alpha value is -1.31. The van der Waals surface area contributed by atoms with Crippen LogP contribution in [0.5, 0.6) is 0 Å². The van der Waals surface area contributed by atoms with E-state index in [1.54, 1.807) is 0 Å². The van der Waals surface area contributed by atoms with Crippen LogP contribution >= 0.6 is 0 Å². The summed E-state index contributed by atoms with van der Waals surface area (Å²) in [6.07, 6.45) is 6.72. The maximum absolute atomic E-state index is 12.0. The fourth-order valence-corrected chi connectivity index (χ4v) is 2.84. The Labute approximate surface area is 110 Å². The zero-order chi connectivity index (χ0) is 12.8. The van der Waals surface area contributed by atoms with E-state index >= 15 is 0 Å². The van der Waals surface area contributed by atoms with Gasteiger partial charge >= 0.3 is 0 Å². The minimum absolute atomic E-state index is 0.167. The number of carbonyl (C=O) groups is 1. The molecular formula is C16H23NO. The Morgan fingerprint density at radius 1 is 1.28 bits per heavy atom. The third kappa shape index (κ3) is 3.59. The Bertz CT molecular complexity index is 368. The van der Waals surface area contributed by atoms with Crippen molar-refractivity contribution in [2.75, 3.05) is 0 Å². The van der Waals surface area contributed by atoms with Gasteiger partial charge in [-0.2, -0.15) is 0 Å². The molecule has 0 bridgehead atoms. The average Bonchev–Trinajstić information content (AvgIpc) is 2.90. The second-order valence-corrected chi connectivity index (χ2v) is 5.29. The van der Waals surface area contributed by atoms with Crippen LogP contribution in [0.15, 0.2) is 30.3 Å². The molecule has 1 fully saturated rings. The number of amides is 1. The molecule has 0 aromatic heterocycles. The molecule has 0 heterocycles. The molecule has 1 saturated carbocycles. The minimum Gasteiger partial charge on any atom is -0.349 e. The SMILES string of the molecule is CCC(NC(=O)CC1CCCC1)c1ccccc1. The molecule has 0 saturated heterocycles. The zero-order valence-corrected chi connectivity index (χ0v) is 11.2. The molecule has 1 aromatic rings. The lowest BCUT2D eigenvalue weighted by molar-refractivity contribution is -0.122. The first-order chi connectivity index (χ1) is 8.79. The van der Waals surface area contributed by atoms with Gasteiger partial charge in [0.1, 0.15) is 0 Å². The number of nitrogens with one attached hydrogen (secondary N) is 1. The van der Waals surface area contributed by atoms with Crippen molar-refractivity contribution in [3.05, 3.63) is 35.9 Å². The van der Waals surface area contributed by atoms with E-state index in [-0.39, 0.29) is 11.9 Å². The molecule has 1 N–H and O–H groups in total. The van der Waals surface area contributed by atoms with Crippen molar-refractivity contribution in [3.8, 4) is 0 Å². The standard InChI is InChI=1S/C16H23NO/c1-2-15(14-10-4-3-5-11-14)17-16(18)12-13-8-6-7-9-13/h3-5,10-11,13,15H,2,6-9,12H2,1H3,(H,17,18). The fraction of sp³-hybridized carbons (Fsp3) is 0.562. The predicted octanol–water partition coefficient (Wildman–Crippen LogP) is 3.83. The van der Waals surface area contributed by atoms with Gasteiger partial charge in [0, 0.05) is 6.42 Å². The Balaban J connectivity index is 1.87. The Morgan fingerprint density at radius 3 is 2.56 bits per heavy atom. The van der Waals surface area contributed by atoms with Gasteiger partial charge in [0.2, 0.25) is 5.91 Å². The third-order valence-corrected chi connectivity index (χ3v) is 3.89. The van der Waals surface area contributed by atoms with Crippen molar-refractivity contribution in [3.63, 3.8) is 0 Å². The van der Waals surface area contributed by atoms with E-state index in [9.17, 15) is 4.79 Å². The van der Waals surface area contributed by atoms with Crippen LogP contribution in [0.3, 0.4) is 0 Å². The van der Waals surface area contributed by atoms with Crippen molar-refractivity contribution in [1.82, 2.24) is 5.32 Å². The van der Waals surface area contributed by atoms with E-state index in [4.69, 9.17) is 0 Å². The summed E-state index contributed by atoms with van der Waals surface area (Å²) < 4.78 is 0. The van der Waals surface area contributed by atoms with E-state index in [0.29, 0.717) is 12.3 Å². The van der Waals surface area contributed by atoms with Crippen LogP contribution in [0.25, 0.3) is 0 Å². The maximum atomic E-state index is 12.0. The van der Waals surface area contributed by atoms with Crippen molar-refractivity contribution < 1.29 is 4.79 Å². The molecule has 2 rings (SSSR count). The lowest BCUT2D eigenvalue weighted by Crippen LogP contribution is -2.29. The lowest BCUT2D eigenvalue weighted by atomic mass is 10.0. The van der Waals surface area contributed by atoms with Gasteiger partial charge < -0.3 is 5.32 Å². The summed E-state index contributed by atoms with van der Waals surface area (Å²) in [5.74, 6) is 0.843. The zero-order valence-electron chi connectivity index (χ0n) is 11.2. The molecule has 0 spiro atoms. The van der Waals surface area contributed by atoms with E-state index in [1.807, 2.05) is 18.2 Å². The summed E-state index contributed by atoms with van der Waals surface area (Å²) in [4.78, 5) is 12.0. The molecule has 18 heavy (non-hydrogen) atoms. The van der Waals surface area contributed by atoms with E-state index in [2.05, 4.69) is 24.4 Å². The maximum Gasteiger partial charge on any atom is 0.220 e. The third-order valence-electron chi connectivity index (χ3n) is 3.89. The molecule has 1 atom stereocenters. The number of rotatable bonds is 5. The fourth-order valence-electron chi connectivity index (χ4n) is 2.84. The molecule has 0 aliphatic heterocycles. The largest absolute Gasteiger partial charge is 0.349 e. The molecule has 1 aliphatic carbocycles.